The fraction of sp³-hybridized carbons (Fsp3) is 0.214. The molecule has 16 heteroatoms. The van der Waals surface area contributed by atoms with E-state index in [1.807, 2.05) is 0 Å². The third-order valence-electron chi connectivity index (χ3n) is 6.03. The molecule has 10 nitrogen and oxygen atoms in total. The number of hydrogen-bond acceptors (Lipinski definition) is 8. The van der Waals surface area contributed by atoms with Gasteiger partial charge in [0, 0.05) is 5.56 Å². The number of rotatable bonds is 11. The van der Waals surface area contributed by atoms with Crippen LogP contribution in [-0.2, 0) is 17.5 Å². The summed E-state index contributed by atoms with van der Waals surface area (Å²) in [4.78, 5) is 25.8. The van der Waals surface area contributed by atoms with Gasteiger partial charge < -0.3 is 24.8 Å². The number of alkyl halides is 3. The van der Waals surface area contributed by atoms with Crippen molar-refractivity contribution >= 4 is 52.5 Å². The zero-order chi connectivity index (χ0) is 32.0. The number of para-hydroxylation sites is 1. The van der Waals surface area contributed by atoms with Gasteiger partial charge in [0.2, 0.25) is 11.7 Å². The van der Waals surface area contributed by atoms with Crippen LogP contribution in [0.1, 0.15) is 21.7 Å². The van der Waals surface area contributed by atoms with Crippen LogP contribution in [0.15, 0.2) is 59.8 Å². The molecule has 0 atom stereocenters. The standard InChI is InChI=1S/C28H24Cl2F3N5O5S/c1-41-21-10-15(11-22(42-2)25(21)43-3)26(40)34-13-23-36-37-27(38(23)16-8-9-18(29)19(30)12-16)44-14-24(39)35-20-7-5-4-6-17(20)28(31,32)33/h4-12H,13-14H2,1-3H3,(H,34,40)(H,35,39). The van der Waals surface area contributed by atoms with Gasteiger partial charge in [-0.15, -0.1) is 10.2 Å². The second kappa shape index (κ2) is 14.1. The molecule has 3 aromatic carbocycles. The number of carbonyl (C=O) groups excluding carboxylic acids is 2. The monoisotopic (exact) mass is 669 g/mol. The molecular formula is C28H24Cl2F3N5O5S. The van der Waals surface area contributed by atoms with Gasteiger partial charge in [-0.05, 0) is 42.5 Å². The average molecular weight is 670 g/mol. The van der Waals surface area contributed by atoms with Crippen LogP contribution >= 0.6 is 35.0 Å². The van der Waals surface area contributed by atoms with E-state index >= 15 is 0 Å². The van der Waals surface area contributed by atoms with Crippen LogP contribution in [0, 0.1) is 0 Å². The van der Waals surface area contributed by atoms with E-state index in [1.165, 1.54) is 51.7 Å². The maximum atomic E-state index is 13.4. The number of anilines is 1. The summed E-state index contributed by atoms with van der Waals surface area (Å²) in [5.41, 5.74) is -0.661. The van der Waals surface area contributed by atoms with Crippen LogP contribution in [0.3, 0.4) is 0 Å². The molecule has 232 valence electrons. The van der Waals surface area contributed by atoms with Crippen LogP contribution in [-0.4, -0.2) is 53.7 Å². The Hall–Kier alpha value is -4.14. The van der Waals surface area contributed by atoms with Crippen molar-refractivity contribution in [1.82, 2.24) is 20.1 Å². The lowest BCUT2D eigenvalue weighted by Crippen LogP contribution is -2.25. The Morgan fingerprint density at radius 2 is 1.61 bits per heavy atom. The summed E-state index contributed by atoms with van der Waals surface area (Å²) in [5.74, 6) is -0.356. The lowest BCUT2D eigenvalue weighted by atomic mass is 10.1. The fourth-order valence-electron chi connectivity index (χ4n) is 4.02. The second-order valence-electron chi connectivity index (χ2n) is 8.81. The number of ether oxygens (including phenoxy) is 3. The second-order valence-corrected chi connectivity index (χ2v) is 10.6. The van der Waals surface area contributed by atoms with Crippen molar-refractivity contribution in [2.75, 3.05) is 32.4 Å². The molecule has 1 heterocycles. The number of methoxy groups -OCH3 is 3. The molecule has 4 rings (SSSR count). The van der Waals surface area contributed by atoms with E-state index in [-0.39, 0.29) is 56.1 Å². The van der Waals surface area contributed by atoms with E-state index in [1.54, 1.807) is 22.8 Å². The van der Waals surface area contributed by atoms with Crippen molar-refractivity contribution in [2.45, 2.75) is 17.9 Å². The lowest BCUT2D eigenvalue weighted by molar-refractivity contribution is -0.137. The molecule has 0 radical (unpaired) electrons. The minimum absolute atomic E-state index is 0.117. The number of amides is 2. The Morgan fingerprint density at radius 3 is 2.23 bits per heavy atom. The third-order valence-corrected chi connectivity index (χ3v) is 7.70. The smallest absolute Gasteiger partial charge is 0.418 e. The van der Waals surface area contributed by atoms with Crippen molar-refractivity contribution in [2.24, 2.45) is 0 Å². The molecule has 0 aliphatic carbocycles. The summed E-state index contributed by atoms with van der Waals surface area (Å²) in [6.45, 7) is -0.117. The quantitative estimate of drug-likeness (QED) is 0.179. The van der Waals surface area contributed by atoms with E-state index in [9.17, 15) is 22.8 Å². The van der Waals surface area contributed by atoms with Crippen molar-refractivity contribution < 1.29 is 37.0 Å². The molecule has 44 heavy (non-hydrogen) atoms. The average Bonchev–Trinajstić information content (AvgIpc) is 3.41. The van der Waals surface area contributed by atoms with Crippen molar-refractivity contribution in [3.05, 3.63) is 81.6 Å². The molecule has 0 unspecified atom stereocenters. The van der Waals surface area contributed by atoms with E-state index in [0.717, 1.165) is 17.8 Å². The van der Waals surface area contributed by atoms with Gasteiger partial charge in [-0.3, -0.25) is 14.2 Å². The maximum absolute atomic E-state index is 13.4. The van der Waals surface area contributed by atoms with Gasteiger partial charge in [0.05, 0.1) is 60.6 Å². The van der Waals surface area contributed by atoms with Gasteiger partial charge in [0.15, 0.2) is 22.5 Å². The number of halogens is 5. The van der Waals surface area contributed by atoms with Crippen molar-refractivity contribution in [3.63, 3.8) is 0 Å². The summed E-state index contributed by atoms with van der Waals surface area (Å²) in [5, 5.41) is 14.1. The molecule has 2 N–H and O–H groups in total. The summed E-state index contributed by atoms with van der Waals surface area (Å²) in [6, 6.07) is 12.3. The zero-order valence-corrected chi connectivity index (χ0v) is 25.6. The Labute approximate surface area is 263 Å². The number of thioether (sulfide) groups is 1. The Morgan fingerprint density at radius 1 is 0.932 bits per heavy atom. The molecule has 0 bridgehead atoms. The molecule has 2 amide bonds. The van der Waals surface area contributed by atoms with Crippen molar-refractivity contribution in [3.8, 4) is 22.9 Å². The highest BCUT2D eigenvalue weighted by molar-refractivity contribution is 7.99. The van der Waals surface area contributed by atoms with Gasteiger partial charge >= 0.3 is 6.18 Å². The molecule has 0 aliphatic heterocycles. The summed E-state index contributed by atoms with van der Waals surface area (Å²) < 4.78 is 57.5. The van der Waals surface area contributed by atoms with E-state index in [0.29, 0.717) is 11.4 Å². The van der Waals surface area contributed by atoms with Crippen LogP contribution in [0.2, 0.25) is 10.0 Å². The highest BCUT2D eigenvalue weighted by atomic mass is 35.5. The summed E-state index contributed by atoms with van der Waals surface area (Å²) in [6.07, 6.45) is -4.65. The molecular weight excluding hydrogens is 646 g/mol. The van der Waals surface area contributed by atoms with Gasteiger partial charge in [0.25, 0.3) is 5.91 Å². The summed E-state index contributed by atoms with van der Waals surface area (Å²) in [7, 11) is 4.29. The Bertz CT molecular complexity index is 1660. The predicted octanol–water partition coefficient (Wildman–Crippen LogP) is 6.28. The Balaban J connectivity index is 1.57. The molecule has 0 aliphatic rings. The number of nitrogens with zero attached hydrogens (tertiary/aromatic N) is 3. The SMILES string of the molecule is COc1cc(C(=O)NCc2nnc(SCC(=O)Nc3ccccc3C(F)(F)F)n2-c2ccc(Cl)c(Cl)c2)cc(OC)c1OC. The molecule has 0 fully saturated rings. The normalized spacial score (nSPS) is 11.2. The van der Waals surface area contributed by atoms with E-state index < -0.39 is 23.6 Å². The van der Waals surface area contributed by atoms with Gasteiger partial charge in [-0.1, -0.05) is 47.1 Å². The van der Waals surface area contributed by atoms with Crippen LogP contribution in [0.4, 0.5) is 18.9 Å². The first-order valence-corrected chi connectivity index (χ1v) is 14.3. The molecule has 0 saturated carbocycles. The number of carbonyl (C=O) groups is 2. The predicted molar refractivity (Wildman–Crippen MR) is 159 cm³/mol. The lowest BCUT2D eigenvalue weighted by Gasteiger charge is -2.15. The van der Waals surface area contributed by atoms with E-state index in [2.05, 4.69) is 20.8 Å². The van der Waals surface area contributed by atoms with Crippen LogP contribution in [0.25, 0.3) is 5.69 Å². The molecule has 1 aromatic heterocycles. The van der Waals surface area contributed by atoms with E-state index in [4.69, 9.17) is 37.4 Å². The first-order valence-electron chi connectivity index (χ1n) is 12.5. The Kier molecular flexibility index (Phi) is 10.5. The molecule has 0 spiro atoms. The minimum atomic E-state index is -4.65. The fourth-order valence-corrected chi connectivity index (χ4v) is 5.08. The molecule has 4 aromatic rings. The number of aromatic nitrogens is 3. The number of hydrogen-bond donors (Lipinski definition) is 2. The zero-order valence-electron chi connectivity index (χ0n) is 23.3. The third kappa shape index (κ3) is 7.49. The highest BCUT2D eigenvalue weighted by Gasteiger charge is 2.33. The largest absolute Gasteiger partial charge is 0.493 e. The summed E-state index contributed by atoms with van der Waals surface area (Å²) >= 11 is 13.3. The van der Waals surface area contributed by atoms with Crippen molar-refractivity contribution in [1.29, 1.82) is 0 Å². The first kappa shape index (κ1) is 32.8. The topological polar surface area (TPSA) is 117 Å². The van der Waals surface area contributed by atoms with Gasteiger partial charge in [0.1, 0.15) is 0 Å². The number of nitrogens with one attached hydrogen (secondary N) is 2. The minimum Gasteiger partial charge on any atom is -0.493 e. The van der Waals surface area contributed by atoms with Crippen LogP contribution < -0.4 is 24.8 Å². The van der Waals surface area contributed by atoms with Crippen LogP contribution in [0.5, 0.6) is 17.2 Å². The first-order chi connectivity index (χ1) is 21.0. The molecule has 0 saturated heterocycles. The maximum Gasteiger partial charge on any atom is 0.418 e. The van der Waals surface area contributed by atoms with Gasteiger partial charge in [-0.2, -0.15) is 13.2 Å². The number of benzene rings is 3. The van der Waals surface area contributed by atoms with Gasteiger partial charge in [-0.25, -0.2) is 0 Å². The highest BCUT2D eigenvalue weighted by Crippen LogP contribution is 2.38.